The highest BCUT2D eigenvalue weighted by Crippen LogP contribution is 2.24. The molecule has 1 unspecified atom stereocenters. The largest absolute Gasteiger partial charge is 0.265 e. The number of aliphatic imine (C=N–C) groups is 2. The van der Waals surface area contributed by atoms with Gasteiger partial charge in [0.2, 0.25) is 5.96 Å². The van der Waals surface area contributed by atoms with Gasteiger partial charge in [0.1, 0.15) is 16.0 Å². The summed E-state index contributed by atoms with van der Waals surface area (Å²) in [7, 11) is -3.44. The number of nitrogens with one attached hydrogen (secondary N) is 1. The van der Waals surface area contributed by atoms with E-state index in [0.29, 0.717) is 15.1 Å². The van der Waals surface area contributed by atoms with Crippen LogP contribution in [0.1, 0.15) is 0 Å². The fraction of sp³-hybridized carbons (Fsp3) is 0.286. The van der Waals surface area contributed by atoms with Crippen LogP contribution in [0.2, 0.25) is 5.02 Å². The fourth-order valence-electron chi connectivity index (χ4n) is 1.87. The van der Waals surface area contributed by atoms with E-state index < -0.39 is 15.8 Å². The molecule has 6 nitrogen and oxygen atoms in total. The molecule has 0 saturated heterocycles. The van der Waals surface area contributed by atoms with E-state index in [1.54, 1.807) is 6.26 Å². The molecule has 24 heavy (non-hydrogen) atoms. The number of sulfone groups is 1. The molecule has 0 radical (unpaired) electrons. The van der Waals surface area contributed by atoms with Crippen LogP contribution in [0.5, 0.6) is 0 Å². The normalized spacial score (nSPS) is 17.9. The highest BCUT2D eigenvalue weighted by atomic mass is 35.5. The van der Waals surface area contributed by atoms with Gasteiger partial charge in [0, 0.05) is 10.8 Å². The molecule has 2 rings (SSSR count). The van der Waals surface area contributed by atoms with Crippen LogP contribution in [0, 0.1) is 22.7 Å². The summed E-state index contributed by atoms with van der Waals surface area (Å²) >= 11 is 8.21. The number of nitriles is 1. The number of nitrogens with zero attached hydrogens (tertiary/aromatic N) is 3. The molecule has 1 aliphatic heterocycles. The Bertz CT molecular complexity index is 842. The summed E-state index contributed by atoms with van der Waals surface area (Å²) in [4.78, 5) is 8.09. The lowest BCUT2D eigenvalue weighted by Gasteiger charge is -2.16. The Balaban J connectivity index is 2.04. The Hall–Kier alpha value is -1.34. The van der Waals surface area contributed by atoms with Gasteiger partial charge in [-0.1, -0.05) is 11.6 Å². The van der Waals surface area contributed by atoms with Gasteiger partial charge in [-0.25, -0.2) is 18.4 Å². The van der Waals surface area contributed by atoms with Crippen LogP contribution in [0.3, 0.4) is 0 Å². The number of benzene rings is 1. The third kappa shape index (κ3) is 4.60. The van der Waals surface area contributed by atoms with Gasteiger partial charge in [0.15, 0.2) is 9.84 Å². The van der Waals surface area contributed by atoms with Gasteiger partial charge in [0.05, 0.1) is 16.7 Å². The van der Waals surface area contributed by atoms with Crippen LogP contribution in [-0.2, 0) is 9.84 Å². The van der Waals surface area contributed by atoms with Crippen molar-refractivity contribution in [3.05, 3.63) is 29.3 Å². The van der Waals surface area contributed by atoms with Crippen LogP contribution in [0.4, 0.5) is 0 Å². The van der Waals surface area contributed by atoms with Crippen molar-refractivity contribution in [2.75, 3.05) is 17.8 Å². The summed E-state index contributed by atoms with van der Waals surface area (Å²) in [6.45, 7) is 0. The molecule has 0 fully saturated rings. The second-order valence-electron chi connectivity index (χ2n) is 4.61. The highest BCUT2D eigenvalue weighted by Gasteiger charge is 2.27. The fourth-order valence-corrected chi connectivity index (χ4v) is 5.34. The Morgan fingerprint density at radius 2 is 1.92 bits per heavy atom. The van der Waals surface area contributed by atoms with Gasteiger partial charge in [-0.3, -0.25) is 5.41 Å². The SMILES string of the molecule is CSC1=NC(=N)N=C(SCCS(=O)(=O)c2ccc(Cl)cc2)C1C#N. The first-order chi connectivity index (χ1) is 11.4. The number of rotatable bonds is 4. The van der Waals surface area contributed by atoms with Crippen molar-refractivity contribution in [3.63, 3.8) is 0 Å². The second-order valence-corrected chi connectivity index (χ2v) is 9.10. The average Bonchev–Trinajstić information content (AvgIpc) is 2.54. The van der Waals surface area contributed by atoms with Crippen molar-refractivity contribution in [2.24, 2.45) is 15.9 Å². The molecular formula is C14H13ClN4O2S3. The predicted octanol–water partition coefficient (Wildman–Crippen LogP) is 3.10. The van der Waals surface area contributed by atoms with E-state index in [9.17, 15) is 13.7 Å². The number of halogens is 1. The Morgan fingerprint density at radius 3 is 2.50 bits per heavy atom. The van der Waals surface area contributed by atoms with Crippen molar-refractivity contribution in [1.82, 2.24) is 0 Å². The summed E-state index contributed by atoms with van der Waals surface area (Å²) in [6, 6.07) is 8.08. The predicted molar refractivity (Wildman–Crippen MR) is 101 cm³/mol. The summed E-state index contributed by atoms with van der Waals surface area (Å²) < 4.78 is 24.6. The average molecular weight is 401 g/mol. The molecule has 0 aromatic heterocycles. The van der Waals surface area contributed by atoms with Gasteiger partial charge in [-0.15, -0.1) is 23.5 Å². The standard InChI is InChI=1S/C14H13ClN4O2S3/c1-22-12-11(8-16)13(19-14(17)18-12)23-6-7-24(20,21)10-4-2-9(15)3-5-10/h2-5,11,17H,6-7H2,1H3. The van der Waals surface area contributed by atoms with E-state index in [0.717, 1.165) is 11.8 Å². The molecule has 1 atom stereocenters. The van der Waals surface area contributed by atoms with Gasteiger partial charge >= 0.3 is 0 Å². The number of guanidine groups is 1. The molecule has 1 aromatic carbocycles. The van der Waals surface area contributed by atoms with E-state index in [2.05, 4.69) is 16.1 Å². The summed E-state index contributed by atoms with van der Waals surface area (Å²) in [5.41, 5.74) is 0. The minimum atomic E-state index is -3.44. The van der Waals surface area contributed by atoms with E-state index in [1.807, 2.05) is 0 Å². The molecule has 0 saturated carbocycles. The molecule has 10 heteroatoms. The van der Waals surface area contributed by atoms with Gasteiger partial charge < -0.3 is 0 Å². The van der Waals surface area contributed by atoms with Gasteiger partial charge in [-0.2, -0.15) is 5.26 Å². The zero-order valence-corrected chi connectivity index (χ0v) is 15.8. The second kappa shape index (κ2) is 8.16. The first kappa shape index (κ1) is 19.0. The summed E-state index contributed by atoms with van der Waals surface area (Å²) in [5, 5.41) is 18.2. The third-order valence-corrected chi connectivity index (χ3v) is 7.06. The van der Waals surface area contributed by atoms with Crippen LogP contribution in [0.15, 0.2) is 39.1 Å². The summed E-state index contributed by atoms with van der Waals surface area (Å²) in [6.07, 6.45) is 1.77. The first-order valence-corrected chi connectivity index (χ1v) is 10.9. The van der Waals surface area contributed by atoms with Crippen molar-refractivity contribution in [3.8, 4) is 6.07 Å². The summed E-state index contributed by atoms with van der Waals surface area (Å²) in [5.74, 6) is -0.682. The molecule has 0 amide bonds. The van der Waals surface area contributed by atoms with Crippen LogP contribution >= 0.6 is 35.1 Å². The molecule has 1 N–H and O–H groups in total. The zero-order valence-electron chi connectivity index (χ0n) is 12.6. The molecule has 0 spiro atoms. The monoisotopic (exact) mass is 400 g/mol. The maximum absolute atomic E-state index is 12.3. The molecule has 0 bridgehead atoms. The first-order valence-electron chi connectivity index (χ1n) is 6.68. The van der Waals surface area contributed by atoms with Crippen molar-refractivity contribution in [1.29, 1.82) is 10.7 Å². The van der Waals surface area contributed by atoms with Crippen LogP contribution in [0.25, 0.3) is 0 Å². The van der Waals surface area contributed by atoms with Gasteiger partial charge in [0.25, 0.3) is 0 Å². The molecular weight excluding hydrogens is 388 g/mol. The molecule has 126 valence electrons. The van der Waals surface area contributed by atoms with Crippen molar-refractivity contribution in [2.45, 2.75) is 4.90 Å². The Morgan fingerprint density at radius 1 is 1.29 bits per heavy atom. The third-order valence-electron chi connectivity index (χ3n) is 3.04. The maximum Gasteiger partial charge on any atom is 0.243 e. The van der Waals surface area contributed by atoms with E-state index in [4.69, 9.17) is 17.0 Å². The lowest BCUT2D eigenvalue weighted by atomic mass is 10.2. The Labute approximate surface area is 153 Å². The van der Waals surface area contributed by atoms with Crippen LogP contribution in [-0.4, -0.2) is 42.2 Å². The minimum absolute atomic E-state index is 0.102. The molecule has 1 aliphatic rings. The minimum Gasteiger partial charge on any atom is -0.265 e. The number of hydrogen-bond acceptors (Lipinski definition) is 6. The maximum atomic E-state index is 12.3. The quantitative estimate of drug-likeness (QED) is 0.835. The van der Waals surface area contributed by atoms with Crippen LogP contribution < -0.4 is 0 Å². The number of thioether (sulfide) groups is 2. The van der Waals surface area contributed by atoms with E-state index in [1.165, 1.54) is 36.0 Å². The molecule has 0 aliphatic carbocycles. The smallest absolute Gasteiger partial charge is 0.243 e. The Kier molecular flexibility index (Phi) is 6.46. The van der Waals surface area contributed by atoms with E-state index >= 15 is 0 Å². The highest BCUT2D eigenvalue weighted by molar-refractivity contribution is 8.16. The topological polar surface area (TPSA) is 106 Å². The molecule has 1 heterocycles. The van der Waals surface area contributed by atoms with E-state index in [-0.39, 0.29) is 22.4 Å². The van der Waals surface area contributed by atoms with Crippen molar-refractivity contribution < 1.29 is 8.42 Å². The van der Waals surface area contributed by atoms with Gasteiger partial charge in [-0.05, 0) is 30.5 Å². The number of hydrogen-bond donors (Lipinski definition) is 1. The van der Waals surface area contributed by atoms with Crippen molar-refractivity contribution >= 4 is 61.0 Å². The molecule has 1 aromatic rings. The lowest BCUT2D eigenvalue weighted by molar-refractivity contribution is 0.597. The zero-order chi connectivity index (χ0) is 17.7. The lowest BCUT2D eigenvalue weighted by Crippen LogP contribution is -2.25.